The van der Waals surface area contributed by atoms with Gasteiger partial charge in [0.15, 0.2) is 6.23 Å². The lowest BCUT2D eigenvalue weighted by molar-refractivity contribution is -0.384. The third kappa shape index (κ3) is 2.73. The predicted molar refractivity (Wildman–Crippen MR) is 69.2 cm³/mol. The van der Waals surface area contributed by atoms with Crippen molar-refractivity contribution >= 4 is 11.4 Å². The molecule has 1 heterocycles. The predicted octanol–water partition coefficient (Wildman–Crippen LogP) is -0.246. The molecule has 1 aliphatic rings. The lowest BCUT2D eigenvalue weighted by Crippen LogP contribution is -2.36. The SMILES string of the molecule is Cc1ccc([N+](=O)[O-])cc1N[C@@H]1O[C@@H](CO)[C@H](O)[C@H]1O. The molecule has 2 rings (SSSR count). The number of ether oxygens (including phenoxy) is 1. The lowest BCUT2D eigenvalue weighted by Gasteiger charge is -2.19. The van der Waals surface area contributed by atoms with Gasteiger partial charge in [0, 0.05) is 17.8 Å². The largest absolute Gasteiger partial charge is 0.394 e. The van der Waals surface area contributed by atoms with E-state index in [9.17, 15) is 20.3 Å². The van der Waals surface area contributed by atoms with Gasteiger partial charge in [-0.05, 0) is 12.5 Å². The maximum absolute atomic E-state index is 10.7. The van der Waals surface area contributed by atoms with Gasteiger partial charge >= 0.3 is 0 Å². The van der Waals surface area contributed by atoms with Gasteiger partial charge in [0.2, 0.25) is 0 Å². The molecule has 4 N–H and O–H groups in total. The van der Waals surface area contributed by atoms with Crippen molar-refractivity contribution in [2.75, 3.05) is 11.9 Å². The summed E-state index contributed by atoms with van der Waals surface area (Å²) < 4.78 is 5.26. The normalized spacial score (nSPS) is 29.4. The molecule has 4 atom stereocenters. The summed E-state index contributed by atoms with van der Waals surface area (Å²) in [5, 5.41) is 42.0. The van der Waals surface area contributed by atoms with Gasteiger partial charge in [-0.25, -0.2) is 0 Å². The number of hydrogen-bond acceptors (Lipinski definition) is 7. The van der Waals surface area contributed by atoms with Crippen LogP contribution >= 0.6 is 0 Å². The minimum Gasteiger partial charge on any atom is -0.394 e. The number of aliphatic hydroxyl groups is 3. The number of nitrogens with zero attached hydrogens (tertiary/aromatic N) is 1. The highest BCUT2D eigenvalue weighted by molar-refractivity contribution is 5.57. The highest BCUT2D eigenvalue weighted by Crippen LogP contribution is 2.27. The Morgan fingerprint density at radius 2 is 2.10 bits per heavy atom. The van der Waals surface area contributed by atoms with Gasteiger partial charge in [0.25, 0.3) is 5.69 Å². The zero-order valence-electron chi connectivity index (χ0n) is 10.8. The van der Waals surface area contributed by atoms with Crippen molar-refractivity contribution in [3.63, 3.8) is 0 Å². The number of rotatable bonds is 4. The van der Waals surface area contributed by atoms with Crippen molar-refractivity contribution in [3.05, 3.63) is 33.9 Å². The fourth-order valence-corrected chi connectivity index (χ4v) is 2.05. The summed E-state index contributed by atoms with van der Waals surface area (Å²) in [6.45, 7) is 1.32. The number of nitro groups is 1. The molecule has 0 aromatic heterocycles. The van der Waals surface area contributed by atoms with Crippen molar-refractivity contribution < 1.29 is 25.0 Å². The Kier molecular flexibility index (Phi) is 4.19. The van der Waals surface area contributed by atoms with Crippen molar-refractivity contribution in [1.29, 1.82) is 0 Å². The summed E-state index contributed by atoms with van der Waals surface area (Å²) in [5.41, 5.74) is 1.06. The highest BCUT2D eigenvalue weighted by Gasteiger charge is 2.42. The van der Waals surface area contributed by atoms with E-state index in [0.717, 1.165) is 5.56 Å². The van der Waals surface area contributed by atoms with Crippen molar-refractivity contribution in [2.24, 2.45) is 0 Å². The molecule has 110 valence electrons. The summed E-state index contributed by atoms with van der Waals surface area (Å²) in [6, 6.07) is 4.27. The lowest BCUT2D eigenvalue weighted by atomic mass is 10.1. The second-order valence-corrected chi connectivity index (χ2v) is 4.66. The topological polar surface area (TPSA) is 125 Å². The van der Waals surface area contributed by atoms with E-state index in [2.05, 4.69) is 5.32 Å². The van der Waals surface area contributed by atoms with Crippen LogP contribution in [-0.4, -0.2) is 51.4 Å². The third-order valence-corrected chi connectivity index (χ3v) is 3.27. The molecule has 0 spiro atoms. The molecule has 1 aliphatic heterocycles. The van der Waals surface area contributed by atoms with E-state index in [-0.39, 0.29) is 5.69 Å². The first-order valence-corrected chi connectivity index (χ1v) is 6.08. The number of aliphatic hydroxyl groups excluding tert-OH is 3. The second kappa shape index (κ2) is 5.71. The zero-order chi connectivity index (χ0) is 14.9. The van der Waals surface area contributed by atoms with Gasteiger partial charge in [-0.3, -0.25) is 10.1 Å². The standard InChI is InChI=1S/C12H16N2O6/c1-6-2-3-7(14(18)19)4-8(6)13-12-11(17)10(16)9(5-15)20-12/h2-4,9-13,15-17H,5H2,1H3/t9-,10-,11+,12+/m0/s1. The first kappa shape index (κ1) is 14.7. The second-order valence-electron chi connectivity index (χ2n) is 4.66. The van der Waals surface area contributed by atoms with Gasteiger partial charge in [-0.15, -0.1) is 0 Å². The number of hydrogen-bond donors (Lipinski definition) is 4. The zero-order valence-corrected chi connectivity index (χ0v) is 10.8. The Labute approximate surface area is 114 Å². The molecule has 1 aromatic rings. The molecule has 0 unspecified atom stereocenters. The van der Waals surface area contributed by atoms with Crippen molar-refractivity contribution in [1.82, 2.24) is 0 Å². The van der Waals surface area contributed by atoms with E-state index >= 15 is 0 Å². The fourth-order valence-electron chi connectivity index (χ4n) is 2.05. The van der Waals surface area contributed by atoms with Crippen LogP contribution in [0.1, 0.15) is 5.56 Å². The van der Waals surface area contributed by atoms with E-state index in [1.54, 1.807) is 13.0 Å². The molecule has 8 heteroatoms. The molecular formula is C12H16N2O6. The quantitative estimate of drug-likeness (QED) is 0.444. The summed E-state index contributed by atoms with van der Waals surface area (Å²) in [6.07, 6.45) is -4.27. The molecule has 0 aliphatic carbocycles. The smallest absolute Gasteiger partial charge is 0.271 e. The average molecular weight is 284 g/mol. The van der Waals surface area contributed by atoms with E-state index in [4.69, 9.17) is 9.84 Å². The molecular weight excluding hydrogens is 268 g/mol. The maximum atomic E-state index is 10.7. The summed E-state index contributed by atoms with van der Waals surface area (Å²) >= 11 is 0. The van der Waals surface area contributed by atoms with Gasteiger partial charge in [0.05, 0.1) is 11.5 Å². The number of nitro benzene ring substituents is 1. The third-order valence-electron chi connectivity index (χ3n) is 3.27. The Morgan fingerprint density at radius 1 is 1.40 bits per heavy atom. The van der Waals surface area contributed by atoms with Gasteiger partial charge in [-0.2, -0.15) is 0 Å². The average Bonchev–Trinajstić information content (AvgIpc) is 2.68. The Bertz CT molecular complexity index is 509. The van der Waals surface area contributed by atoms with Crippen LogP contribution in [0.3, 0.4) is 0 Å². The monoisotopic (exact) mass is 284 g/mol. The molecule has 20 heavy (non-hydrogen) atoms. The molecule has 0 bridgehead atoms. The highest BCUT2D eigenvalue weighted by atomic mass is 16.6. The fraction of sp³-hybridized carbons (Fsp3) is 0.500. The van der Waals surface area contributed by atoms with E-state index in [0.29, 0.717) is 5.69 Å². The summed E-state index contributed by atoms with van der Waals surface area (Å²) in [7, 11) is 0. The minimum absolute atomic E-state index is 0.0927. The van der Waals surface area contributed by atoms with Crippen LogP contribution < -0.4 is 5.32 Å². The van der Waals surface area contributed by atoms with Gasteiger partial charge < -0.3 is 25.4 Å². The maximum Gasteiger partial charge on any atom is 0.271 e. The van der Waals surface area contributed by atoms with Crippen molar-refractivity contribution in [2.45, 2.75) is 31.5 Å². The molecule has 0 saturated carbocycles. The van der Waals surface area contributed by atoms with Gasteiger partial charge in [0.1, 0.15) is 18.3 Å². The van der Waals surface area contributed by atoms with Crippen molar-refractivity contribution in [3.8, 4) is 0 Å². The number of nitrogens with one attached hydrogen (secondary N) is 1. The number of benzene rings is 1. The molecule has 1 saturated heterocycles. The Morgan fingerprint density at radius 3 is 2.65 bits per heavy atom. The molecule has 0 amide bonds. The first-order chi connectivity index (χ1) is 9.43. The van der Waals surface area contributed by atoms with E-state index in [1.807, 2.05) is 0 Å². The number of aryl methyl sites for hydroxylation is 1. The van der Waals surface area contributed by atoms with Crippen LogP contribution in [0.15, 0.2) is 18.2 Å². The van der Waals surface area contributed by atoms with Crippen LogP contribution in [0.5, 0.6) is 0 Å². The molecule has 1 fully saturated rings. The number of non-ortho nitro benzene ring substituents is 1. The van der Waals surface area contributed by atoms with Crippen LogP contribution in [0.4, 0.5) is 11.4 Å². The summed E-state index contributed by atoms with van der Waals surface area (Å²) in [4.78, 5) is 10.2. The molecule has 1 aromatic carbocycles. The van der Waals surface area contributed by atoms with Crippen LogP contribution in [0, 0.1) is 17.0 Å². The number of anilines is 1. The first-order valence-electron chi connectivity index (χ1n) is 6.08. The van der Waals surface area contributed by atoms with Crippen LogP contribution in [0.25, 0.3) is 0 Å². The molecule has 0 radical (unpaired) electrons. The Balaban J connectivity index is 2.18. The Hall–Kier alpha value is -1.74. The van der Waals surface area contributed by atoms with E-state index in [1.165, 1.54) is 12.1 Å². The minimum atomic E-state index is -1.23. The van der Waals surface area contributed by atoms with Gasteiger partial charge in [-0.1, -0.05) is 6.07 Å². The summed E-state index contributed by atoms with van der Waals surface area (Å²) in [5.74, 6) is 0. The van der Waals surface area contributed by atoms with Crippen LogP contribution in [0.2, 0.25) is 0 Å². The van der Waals surface area contributed by atoms with Crippen LogP contribution in [-0.2, 0) is 4.74 Å². The molecule has 8 nitrogen and oxygen atoms in total. The van der Waals surface area contributed by atoms with E-state index < -0.39 is 36.1 Å².